The molecule has 24 heavy (non-hydrogen) atoms. The van der Waals surface area contributed by atoms with Gasteiger partial charge in [-0.05, 0) is 12.1 Å². The largest absolute Gasteiger partial charge is 0.423 e. The Morgan fingerprint density at radius 1 is 1.04 bits per heavy atom. The molecular weight excluding hydrogens is 308 g/mol. The van der Waals surface area contributed by atoms with E-state index in [1.807, 2.05) is 29.2 Å². The highest BCUT2D eigenvalue weighted by atomic mass is 16.5. The zero-order valence-corrected chi connectivity index (χ0v) is 13.7. The first kappa shape index (κ1) is 15.4. The van der Waals surface area contributed by atoms with Gasteiger partial charge in [-0.1, -0.05) is 12.1 Å². The second-order valence-corrected chi connectivity index (χ2v) is 6.23. The molecule has 0 spiro atoms. The number of aromatic nitrogens is 1. The molecule has 2 aliphatic heterocycles. The first-order valence-electron chi connectivity index (χ1n) is 8.48. The molecule has 1 aromatic carbocycles. The minimum Gasteiger partial charge on any atom is -0.423 e. The Morgan fingerprint density at radius 3 is 2.67 bits per heavy atom. The van der Waals surface area contributed by atoms with E-state index in [-0.39, 0.29) is 12.5 Å². The lowest BCUT2D eigenvalue weighted by Crippen LogP contribution is -2.50. The van der Waals surface area contributed by atoms with Crippen molar-refractivity contribution in [1.82, 2.24) is 14.8 Å². The van der Waals surface area contributed by atoms with E-state index in [0.29, 0.717) is 19.2 Å². The molecule has 2 fully saturated rings. The Labute approximate surface area is 140 Å². The van der Waals surface area contributed by atoms with Crippen LogP contribution in [0.4, 0.5) is 6.01 Å². The van der Waals surface area contributed by atoms with Crippen molar-refractivity contribution in [2.45, 2.75) is 0 Å². The van der Waals surface area contributed by atoms with Crippen molar-refractivity contribution in [2.24, 2.45) is 0 Å². The number of morpholine rings is 1. The third kappa shape index (κ3) is 3.22. The highest BCUT2D eigenvalue weighted by Crippen LogP contribution is 2.22. The fourth-order valence-corrected chi connectivity index (χ4v) is 3.21. The van der Waals surface area contributed by atoms with E-state index in [0.717, 1.165) is 50.4 Å². The van der Waals surface area contributed by atoms with Crippen LogP contribution in [0.2, 0.25) is 0 Å². The van der Waals surface area contributed by atoms with E-state index < -0.39 is 0 Å². The predicted octanol–water partition coefficient (Wildman–Crippen LogP) is 0.809. The van der Waals surface area contributed by atoms with Crippen molar-refractivity contribution >= 4 is 23.0 Å². The van der Waals surface area contributed by atoms with Gasteiger partial charge >= 0.3 is 0 Å². The molecule has 3 heterocycles. The molecule has 0 unspecified atom stereocenters. The Bertz CT molecular complexity index is 676. The van der Waals surface area contributed by atoms with Gasteiger partial charge < -0.3 is 19.0 Å². The number of carbonyl (C=O) groups is 1. The second-order valence-electron chi connectivity index (χ2n) is 6.23. The van der Waals surface area contributed by atoms with E-state index >= 15 is 0 Å². The van der Waals surface area contributed by atoms with E-state index in [9.17, 15) is 4.79 Å². The summed E-state index contributed by atoms with van der Waals surface area (Å²) in [6.45, 7) is 6.98. The number of amides is 1. The zero-order valence-electron chi connectivity index (χ0n) is 13.7. The van der Waals surface area contributed by atoms with Gasteiger partial charge in [-0.3, -0.25) is 9.69 Å². The van der Waals surface area contributed by atoms with Crippen LogP contribution in [0, 0.1) is 0 Å². The van der Waals surface area contributed by atoms with Crippen LogP contribution in [0.25, 0.3) is 11.1 Å². The van der Waals surface area contributed by atoms with Crippen LogP contribution in [0.3, 0.4) is 0 Å². The number of rotatable bonds is 4. The lowest BCUT2D eigenvalue weighted by atomic mass is 10.3. The summed E-state index contributed by atoms with van der Waals surface area (Å²) in [5, 5.41) is 0. The van der Waals surface area contributed by atoms with Crippen LogP contribution in [0.1, 0.15) is 0 Å². The summed E-state index contributed by atoms with van der Waals surface area (Å²) in [6, 6.07) is 8.56. The molecule has 7 heteroatoms. The van der Waals surface area contributed by atoms with Crippen molar-refractivity contribution in [3.63, 3.8) is 0 Å². The van der Waals surface area contributed by atoms with Crippen LogP contribution in [0.15, 0.2) is 28.7 Å². The van der Waals surface area contributed by atoms with Crippen LogP contribution in [0.5, 0.6) is 0 Å². The molecule has 1 amide bonds. The Balaban J connectivity index is 1.29. The predicted molar refractivity (Wildman–Crippen MR) is 90.1 cm³/mol. The normalized spacial score (nSPS) is 20.1. The molecular formula is C17H22N4O3. The number of hydrogen-bond donors (Lipinski definition) is 0. The first-order valence-corrected chi connectivity index (χ1v) is 8.48. The number of piperazine rings is 1. The summed E-state index contributed by atoms with van der Waals surface area (Å²) in [6.07, 6.45) is 0. The second kappa shape index (κ2) is 6.78. The number of oxazole rings is 1. The Hall–Kier alpha value is -2.12. The summed E-state index contributed by atoms with van der Waals surface area (Å²) >= 11 is 0. The zero-order chi connectivity index (χ0) is 16.4. The van der Waals surface area contributed by atoms with Gasteiger partial charge in [0.15, 0.2) is 5.58 Å². The number of para-hydroxylation sites is 2. The molecule has 0 radical (unpaired) electrons. The Morgan fingerprint density at radius 2 is 1.88 bits per heavy atom. The smallest absolute Gasteiger partial charge is 0.298 e. The molecule has 7 nitrogen and oxygen atoms in total. The molecule has 0 atom stereocenters. The maximum Gasteiger partial charge on any atom is 0.298 e. The van der Waals surface area contributed by atoms with Crippen molar-refractivity contribution in [1.29, 1.82) is 0 Å². The number of fused-ring (bicyclic) bond motifs is 1. The van der Waals surface area contributed by atoms with Crippen LogP contribution in [-0.4, -0.2) is 79.7 Å². The van der Waals surface area contributed by atoms with Gasteiger partial charge in [-0.15, -0.1) is 0 Å². The summed E-state index contributed by atoms with van der Waals surface area (Å²) in [5.41, 5.74) is 1.74. The summed E-state index contributed by atoms with van der Waals surface area (Å²) in [7, 11) is 0. The average molecular weight is 330 g/mol. The SMILES string of the molecule is O=C1COCCN1CCN1CCN(c2nc3ccccc3o2)CC1. The van der Waals surface area contributed by atoms with Crippen LogP contribution in [-0.2, 0) is 9.53 Å². The molecule has 0 saturated carbocycles. The van der Waals surface area contributed by atoms with Gasteiger partial charge in [0, 0.05) is 45.8 Å². The lowest BCUT2D eigenvalue weighted by molar-refractivity contribution is -0.142. The van der Waals surface area contributed by atoms with Gasteiger partial charge in [-0.25, -0.2) is 0 Å². The molecule has 128 valence electrons. The third-order valence-corrected chi connectivity index (χ3v) is 4.70. The topological polar surface area (TPSA) is 62.1 Å². The molecule has 0 bridgehead atoms. The molecule has 0 aliphatic carbocycles. The molecule has 4 rings (SSSR count). The summed E-state index contributed by atoms with van der Waals surface area (Å²) in [5.74, 6) is 0.103. The lowest BCUT2D eigenvalue weighted by Gasteiger charge is -2.35. The standard InChI is InChI=1S/C17H22N4O3/c22-16-13-23-12-11-20(16)8-5-19-6-9-21(10-7-19)17-18-14-3-1-2-4-15(14)24-17/h1-4H,5-13H2. The summed E-state index contributed by atoms with van der Waals surface area (Å²) < 4.78 is 11.0. The van der Waals surface area contributed by atoms with Crippen molar-refractivity contribution in [3.8, 4) is 0 Å². The first-order chi connectivity index (χ1) is 11.8. The molecule has 2 aliphatic rings. The van der Waals surface area contributed by atoms with Gasteiger partial charge in [0.1, 0.15) is 12.1 Å². The highest BCUT2D eigenvalue weighted by Gasteiger charge is 2.23. The van der Waals surface area contributed by atoms with E-state index in [4.69, 9.17) is 9.15 Å². The fourth-order valence-electron chi connectivity index (χ4n) is 3.21. The van der Waals surface area contributed by atoms with Crippen LogP contribution < -0.4 is 4.90 Å². The van der Waals surface area contributed by atoms with E-state index in [1.54, 1.807) is 0 Å². The molecule has 2 aromatic rings. The minimum atomic E-state index is 0.103. The third-order valence-electron chi connectivity index (χ3n) is 4.70. The summed E-state index contributed by atoms with van der Waals surface area (Å²) in [4.78, 5) is 22.8. The Kier molecular flexibility index (Phi) is 4.36. The highest BCUT2D eigenvalue weighted by molar-refractivity contribution is 5.78. The quantitative estimate of drug-likeness (QED) is 0.827. The van der Waals surface area contributed by atoms with Crippen molar-refractivity contribution < 1.29 is 13.9 Å². The monoisotopic (exact) mass is 330 g/mol. The fraction of sp³-hybridized carbons (Fsp3) is 0.529. The molecule has 2 saturated heterocycles. The van der Waals surface area contributed by atoms with Gasteiger partial charge in [-0.2, -0.15) is 4.98 Å². The van der Waals surface area contributed by atoms with Crippen LogP contribution >= 0.6 is 0 Å². The number of nitrogens with zero attached hydrogens (tertiary/aromatic N) is 4. The number of ether oxygens (including phenoxy) is 1. The molecule has 0 N–H and O–H groups in total. The number of benzene rings is 1. The molecule has 1 aromatic heterocycles. The van der Waals surface area contributed by atoms with Gasteiger partial charge in [0.05, 0.1) is 6.61 Å². The minimum absolute atomic E-state index is 0.103. The number of anilines is 1. The van der Waals surface area contributed by atoms with Crippen molar-refractivity contribution in [3.05, 3.63) is 24.3 Å². The average Bonchev–Trinajstić information content (AvgIpc) is 3.06. The van der Waals surface area contributed by atoms with Gasteiger partial charge in [0.2, 0.25) is 5.91 Å². The van der Waals surface area contributed by atoms with Gasteiger partial charge in [0.25, 0.3) is 6.01 Å². The number of hydrogen-bond acceptors (Lipinski definition) is 6. The van der Waals surface area contributed by atoms with E-state index in [1.165, 1.54) is 0 Å². The maximum atomic E-state index is 11.7. The van der Waals surface area contributed by atoms with Crippen molar-refractivity contribution in [2.75, 3.05) is 63.9 Å². The number of carbonyl (C=O) groups excluding carboxylic acids is 1. The van der Waals surface area contributed by atoms with E-state index in [2.05, 4.69) is 14.8 Å². The maximum absolute atomic E-state index is 11.7.